The van der Waals surface area contributed by atoms with E-state index in [4.69, 9.17) is 5.11 Å². The van der Waals surface area contributed by atoms with E-state index in [0.29, 0.717) is 5.56 Å². The van der Waals surface area contributed by atoms with Crippen LogP contribution >= 0.6 is 0 Å². The summed E-state index contributed by atoms with van der Waals surface area (Å²) in [6.45, 7) is 1.70. The van der Waals surface area contributed by atoms with Crippen LogP contribution in [0, 0.1) is 0 Å². The Hall–Kier alpha value is -2.14. The highest BCUT2D eigenvalue weighted by atomic mass is 16.4. The van der Waals surface area contributed by atoms with Gasteiger partial charge in [-0.2, -0.15) is 0 Å². The number of aliphatic carboxylic acids is 1. The van der Waals surface area contributed by atoms with Gasteiger partial charge in [-0.3, -0.25) is 4.79 Å². The van der Waals surface area contributed by atoms with Gasteiger partial charge >= 0.3 is 5.97 Å². The number of aliphatic hydroxyl groups is 1. The molecule has 0 heterocycles. The second kappa shape index (κ2) is 6.70. The molecule has 5 nitrogen and oxygen atoms in total. The summed E-state index contributed by atoms with van der Waals surface area (Å²) < 4.78 is 0. The van der Waals surface area contributed by atoms with E-state index in [1.165, 1.54) is 11.9 Å². The number of aliphatic hydroxyl groups excluding tert-OH is 1. The Morgan fingerprint density at radius 2 is 1.79 bits per heavy atom. The monoisotopic (exact) mass is 263 g/mol. The summed E-state index contributed by atoms with van der Waals surface area (Å²) in [6.07, 6.45) is 0.921. The van der Waals surface area contributed by atoms with Gasteiger partial charge in [0.2, 0.25) is 5.91 Å². The van der Waals surface area contributed by atoms with Crippen molar-refractivity contribution in [2.24, 2.45) is 0 Å². The minimum atomic E-state index is -1.18. The molecular formula is C14H17NO4. The molecule has 0 aliphatic rings. The smallest absolute Gasteiger partial charge is 0.328 e. The molecule has 0 bridgehead atoms. The third-order valence-corrected chi connectivity index (χ3v) is 2.93. The molecule has 0 saturated heterocycles. The third-order valence-electron chi connectivity index (χ3n) is 2.93. The predicted molar refractivity (Wildman–Crippen MR) is 70.4 cm³/mol. The van der Waals surface area contributed by atoms with Gasteiger partial charge in [-0.1, -0.05) is 30.3 Å². The van der Waals surface area contributed by atoms with Gasteiger partial charge in [-0.15, -0.1) is 0 Å². The zero-order chi connectivity index (χ0) is 14.4. The van der Waals surface area contributed by atoms with Gasteiger partial charge in [-0.25, -0.2) is 4.79 Å². The van der Waals surface area contributed by atoms with Crippen molar-refractivity contribution in [1.29, 1.82) is 0 Å². The number of likely N-dealkylation sites (N-methyl/N-ethyl adjacent to an activating group) is 1. The number of carboxylic acids is 1. The van der Waals surface area contributed by atoms with Crippen molar-refractivity contribution in [3.63, 3.8) is 0 Å². The molecule has 19 heavy (non-hydrogen) atoms. The van der Waals surface area contributed by atoms with Crippen molar-refractivity contribution in [3.05, 3.63) is 48.0 Å². The predicted octanol–water partition coefficient (Wildman–Crippen LogP) is 1.21. The first-order valence-corrected chi connectivity index (χ1v) is 5.84. The molecule has 0 aliphatic carbocycles. The van der Waals surface area contributed by atoms with E-state index in [2.05, 4.69) is 0 Å². The third kappa shape index (κ3) is 4.22. The summed E-state index contributed by atoms with van der Waals surface area (Å²) in [4.78, 5) is 23.3. The summed E-state index contributed by atoms with van der Waals surface area (Å²) in [6, 6.07) is 8.52. The van der Waals surface area contributed by atoms with Crippen molar-refractivity contribution in [1.82, 2.24) is 4.90 Å². The topological polar surface area (TPSA) is 77.8 Å². The van der Waals surface area contributed by atoms with Crippen molar-refractivity contribution >= 4 is 11.9 Å². The number of nitrogens with zero attached hydrogens (tertiary/aromatic N) is 1. The fraction of sp³-hybridized carbons (Fsp3) is 0.286. The fourth-order valence-electron chi connectivity index (χ4n) is 1.60. The van der Waals surface area contributed by atoms with Crippen molar-refractivity contribution in [3.8, 4) is 0 Å². The van der Waals surface area contributed by atoms with Crippen LogP contribution in [0.3, 0.4) is 0 Å². The Kier molecular flexibility index (Phi) is 5.26. The molecule has 0 saturated carbocycles. The van der Waals surface area contributed by atoms with E-state index >= 15 is 0 Å². The Morgan fingerprint density at radius 1 is 1.21 bits per heavy atom. The van der Waals surface area contributed by atoms with Crippen LogP contribution in [0.1, 0.15) is 18.6 Å². The minimum absolute atomic E-state index is 0.464. The Morgan fingerprint density at radius 3 is 2.32 bits per heavy atom. The van der Waals surface area contributed by atoms with Crippen LogP contribution in [0.5, 0.6) is 0 Å². The van der Waals surface area contributed by atoms with Crippen molar-refractivity contribution in [2.75, 3.05) is 7.05 Å². The largest absolute Gasteiger partial charge is 0.478 e. The van der Waals surface area contributed by atoms with E-state index in [0.717, 1.165) is 12.2 Å². The van der Waals surface area contributed by atoms with Crippen LogP contribution in [0.15, 0.2) is 42.5 Å². The summed E-state index contributed by atoms with van der Waals surface area (Å²) in [5, 5.41) is 18.6. The van der Waals surface area contributed by atoms with Crippen molar-refractivity contribution in [2.45, 2.75) is 19.1 Å². The van der Waals surface area contributed by atoms with E-state index < -0.39 is 24.0 Å². The quantitative estimate of drug-likeness (QED) is 0.783. The number of rotatable bonds is 5. The lowest BCUT2D eigenvalue weighted by Crippen LogP contribution is -2.38. The zero-order valence-electron chi connectivity index (χ0n) is 10.9. The molecule has 1 aromatic rings. The number of hydrogen-bond donors (Lipinski definition) is 2. The molecule has 2 N–H and O–H groups in total. The standard InChI is InChI=1S/C14H17NO4/c1-10(14(19)11-6-4-3-5-7-11)15(2)12(16)8-9-13(17)18/h3-10,14,19H,1-2H3,(H,17,18)/b9-8-. The Labute approximate surface area is 111 Å². The fourth-order valence-corrected chi connectivity index (χ4v) is 1.60. The summed E-state index contributed by atoms with van der Waals surface area (Å²) in [5.41, 5.74) is 0.705. The van der Waals surface area contributed by atoms with Crippen LogP contribution in [0.25, 0.3) is 0 Å². The molecule has 2 atom stereocenters. The van der Waals surface area contributed by atoms with Crippen LogP contribution in [-0.4, -0.2) is 40.1 Å². The van der Waals surface area contributed by atoms with E-state index in [9.17, 15) is 14.7 Å². The van der Waals surface area contributed by atoms with Gasteiger partial charge in [-0.05, 0) is 12.5 Å². The Bertz CT molecular complexity index is 470. The van der Waals surface area contributed by atoms with Crippen LogP contribution in [0.2, 0.25) is 0 Å². The number of carbonyl (C=O) groups excluding carboxylic acids is 1. The molecule has 1 rings (SSSR count). The lowest BCUT2D eigenvalue weighted by Gasteiger charge is -2.28. The van der Waals surface area contributed by atoms with Gasteiger partial charge in [0.1, 0.15) is 0 Å². The highest BCUT2D eigenvalue weighted by molar-refractivity contribution is 5.93. The van der Waals surface area contributed by atoms with Gasteiger partial charge in [0, 0.05) is 19.2 Å². The highest BCUT2D eigenvalue weighted by Crippen LogP contribution is 2.19. The van der Waals surface area contributed by atoms with Gasteiger partial charge in [0.15, 0.2) is 0 Å². The summed E-state index contributed by atoms with van der Waals surface area (Å²) in [5.74, 6) is -1.65. The van der Waals surface area contributed by atoms with E-state index in [1.807, 2.05) is 6.07 Å². The number of benzene rings is 1. The first-order valence-electron chi connectivity index (χ1n) is 5.84. The maximum absolute atomic E-state index is 11.7. The lowest BCUT2D eigenvalue weighted by molar-refractivity contribution is -0.132. The molecular weight excluding hydrogens is 246 g/mol. The number of amides is 1. The minimum Gasteiger partial charge on any atom is -0.478 e. The molecule has 0 spiro atoms. The maximum Gasteiger partial charge on any atom is 0.328 e. The molecule has 1 amide bonds. The zero-order valence-corrected chi connectivity index (χ0v) is 10.9. The van der Waals surface area contributed by atoms with Crippen LogP contribution in [0.4, 0.5) is 0 Å². The van der Waals surface area contributed by atoms with E-state index in [-0.39, 0.29) is 0 Å². The molecule has 102 valence electrons. The van der Waals surface area contributed by atoms with Gasteiger partial charge in [0.25, 0.3) is 0 Å². The Balaban J connectivity index is 2.74. The summed E-state index contributed by atoms with van der Waals surface area (Å²) >= 11 is 0. The summed E-state index contributed by atoms with van der Waals surface area (Å²) in [7, 11) is 1.52. The highest BCUT2D eigenvalue weighted by Gasteiger charge is 2.22. The second-order valence-corrected chi connectivity index (χ2v) is 4.22. The molecule has 0 fully saturated rings. The number of carboxylic acid groups (broad SMARTS) is 1. The molecule has 0 radical (unpaired) electrons. The molecule has 0 aliphatic heterocycles. The average Bonchev–Trinajstić information content (AvgIpc) is 2.43. The molecule has 1 aromatic carbocycles. The first-order chi connectivity index (χ1) is 8.93. The first kappa shape index (κ1) is 14.9. The van der Waals surface area contributed by atoms with Crippen LogP contribution in [-0.2, 0) is 9.59 Å². The molecule has 2 unspecified atom stereocenters. The van der Waals surface area contributed by atoms with Crippen molar-refractivity contribution < 1.29 is 19.8 Å². The number of hydrogen-bond acceptors (Lipinski definition) is 3. The molecule has 5 heteroatoms. The normalized spacial score (nSPS) is 14.1. The second-order valence-electron chi connectivity index (χ2n) is 4.22. The maximum atomic E-state index is 11.7. The lowest BCUT2D eigenvalue weighted by atomic mass is 10.0. The van der Waals surface area contributed by atoms with Crippen LogP contribution < -0.4 is 0 Å². The SMILES string of the molecule is CC(C(O)c1ccccc1)N(C)C(=O)/C=C\C(=O)O. The molecule has 0 aromatic heterocycles. The van der Waals surface area contributed by atoms with E-state index in [1.54, 1.807) is 31.2 Å². The average molecular weight is 263 g/mol. The van der Waals surface area contributed by atoms with Gasteiger partial charge < -0.3 is 15.1 Å². The van der Waals surface area contributed by atoms with Gasteiger partial charge in [0.05, 0.1) is 12.1 Å². The number of carbonyl (C=O) groups is 2.